The zero-order valence-corrected chi connectivity index (χ0v) is 16.2. The lowest BCUT2D eigenvalue weighted by Gasteiger charge is -2.08. The lowest BCUT2D eigenvalue weighted by molar-refractivity contribution is -0.121. The van der Waals surface area contributed by atoms with Gasteiger partial charge in [-0.15, -0.1) is 0 Å². The largest absolute Gasteiger partial charge is 0.497 e. The summed E-state index contributed by atoms with van der Waals surface area (Å²) in [6, 6.07) is 17.1. The summed E-state index contributed by atoms with van der Waals surface area (Å²) >= 11 is 0. The molecule has 3 rings (SSSR count). The Bertz CT molecular complexity index is 928. The molecule has 6 heteroatoms. The van der Waals surface area contributed by atoms with Gasteiger partial charge >= 0.3 is 0 Å². The highest BCUT2D eigenvalue weighted by atomic mass is 19.1. The molecular formula is C23H23FN2O3. The fraction of sp³-hybridized carbons (Fsp3) is 0.217. The first-order chi connectivity index (χ1) is 14.1. The summed E-state index contributed by atoms with van der Waals surface area (Å²) in [6.45, 7) is 0.393. The Balaban J connectivity index is 1.43. The van der Waals surface area contributed by atoms with Crippen molar-refractivity contribution in [2.24, 2.45) is 0 Å². The van der Waals surface area contributed by atoms with Crippen molar-refractivity contribution in [3.8, 4) is 17.4 Å². The normalized spacial score (nSPS) is 10.4. The molecule has 0 saturated carbocycles. The number of rotatable bonds is 9. The Kier molecular flexibility index (Phi) is 7.16. The average Bonchev–Trinajstić information content (AvgIpc) is 2.75. The van der Waals surface area contributed by atoms with Crippen molar-refractivity contribution in [1.29, 1.82) is 0 Å². The fourth-order valence-corrected chi connectivity index (χ4v) is 2.77. The van der Waals surface area contributed by atoms with Crippen LogP contribution < -0.4 is 14.8 Å². The first kappa shape index (κ1) is 20.3. The van der Waals surface area contributed by atoms with E-state index in [1.807, 2.05) is 30.3 Å². The number of amides is 1. The fourth-order valence-electron chi connectivity index (χ4n) is 2.77. The van der Waals surface area contributed by atoms with Gasteiger partial charge in [-0.3, -0.25) is 4.79 Å². The molecule has 29 heavy (non-hydrogen) atoms. The SMILES string of the molecule is COc1ccc(CCCC(=O)NCc2ccnc(Oc3ccc(F)cc3)c2)cc1. The zero-order chi connectivity index (χ0) is 20.5. The van der Waals surface area contributed by atoms with E-state index in [0.29, 0.717) is 24.6 Å². The number of ether oxygens (including phenoxy) is 2. The molecule has 150 valence electrons. The molecule has 1 heterocycles. The highest BCUT2D eigenvalue weighted by Crippen LogP contribution is 2.20. The predicted molar refractivity (Wildman–Crippen MR) is 108 cm³/mol. The highest BCUT2D eigenvalue weighted by molar-refractivity contribution is 5.75. The second-order valence-corrected chi connectivity index (χ2v) is 6.54. The number of carbonyl (C=O) groups is 1. The van der Waals surface area contributed by atoms with Gasteiger partial charge in [-0.05, 0) is 66.4 Å². The van der Waals surface area contributed by atoms with Gasteiger partial charge in [0.15, 0.2) is 0 Å². The van der Waals surface area contributed by atoms with E-state index in [1.54, 1.807) is 19.4 Å². The van der Waals surface area contributed by atoms with E-state index in [9.17, 15) is 9.18 Å². The van der Waals surface area contributed by atoms with Gasteiger partial charge in [-0.2, -0.15) is 0 Å². The molecule has 0 atom stereocenters. The van der Waals surface area contributed by atoms with Crippen LogP contribution in [0, 0.1) is 5.82 Å². The molecule has 0 aliphatic rings. The molecular weight excluding hydrogens is 371 g/mol. The highest BCUT2D eigenvalue weighted by Gasteiger charge is 2.05. The molecule has 3 aromatic rings. The van der Waals surface area contributed by atoms with Gasteiger partial charge in [0.25, 0.3) is 0 Å². The summed E-state index contributed by atoms with van der Waals surface area (Å²) in [5.74, 6) is 1.39. The molecule has 0 spiro atoms. The molecule has 0 radical (unpaired) electrons. The summed E-state index contributed by atoms with van der Waals surface area (Å²) in [5, 5.41) is 2.91. The molecule has 0 unspecified atom stereocenters. The first-order valence-corrected chi connectivity index (χ1v) is 9.40. The van der Waals surface area contributed by atoms with Crippen LogP contribution in [0.25, 0.3) is 0 Å². The minimum absolute atomic E-state index is 0.00340. The molecule has 1 aromatic heterocycles. The van der Waals surface area contributed by atoms with Gasteiger partial charge < -0.3 is 14.8 Å². The van der Waals surface area contributed by atoms with Crippen LogP contribution in [0.15, 0.2) is 66.9 Å². The van der Waals surface area contributed by atoms with E-state index >= 15 is 0 Å². The summed E-state index contributed by atoms with van der Waals surface area (Å²) < 4.78 is 23.7. The van der Waals surface area contributed by atoms with E-state index in [2.05, 4.69) is 10.3 Å². The van der Waals surface area contributed by atoms with Crippen LogP contribution >= 0.6 is 0 Å². The van der Waals surface area contributed by atoms with Crippen LogP contribution in [0.5, 0.6) is 17.4 Å². The quantitative estimate of drug-likeness (QED) is 0.573. The summed E-state index contributed by atoms with van der Waals surface area (Å²) in [5.41, 5.74) is 2.05. The van der Waals surface area contributed by atoms with E-state index in [4.69, 9.17) is 9.47 Å². The molecule has 5 nitrogen and oxygen atoms in total. The number of methoxy groups -OCH3 is 1. The number of hydrogen-bond donors (Lipinski definition) is 1. The Morgan fingerprint density at radius 1 is 1.00 bits per heavy atom. The number of nitrogens with zero attached hydrogens (tertiary/aromatic N) is 1. The third kappa shape index (κ3) is 6.60. The smallest absolute Gasteiger partial charge is 0.220 e. The van der Waals surface area contributed by atoms with E-state index in [0.717, 1.165) is 24.2 Å². The average molecular weight is 394 g/mol. The first-order valence-electron chi connectivity index (χ1n) is 9.40. The van der Waals surface area contributed by atoms with Crippen LogP contribution in [-0.4, -0.2) is 18.0 Å². The van der Waals surface area contributed by atoms with Crippen molar-refractivity contribution in [2.75, 3.05) is 7.11 Å². The third-order valence-electron chi connectivity index (χ3n) is 4.35. The van der Waals surface area contributed by atoms with Crippen LogP contribution in [0.3, 0.4) is 0 Å². The number of benzene rings is 2. The van der Waals surface area contributed by atoms with Crippen molar-refractivity contribution >= 4 is 5.91 Å². The van der Waals surface area contributed by atoms with Crippen molar-refractivity contribution < 1.29 is 18.7 Å². The number of carbonyl (C=O) groups excluding carboxylic acids is 1. The van der Waals surface area contributed by atoms with Crippen LogP contribution in [0.4, 0.5) is 4.39 Å². The van der Waals surface area contributed by atoms with Crippen LogP contribution in [0.2, 0.25) is 0 Å². The van der Waals surface area contributed by atoms with E-state index < -0.39 is 0 Å². The Morgan fingerprint density at radius 3 is 2.45 bits per heavy atom. The van der Waals surface area contributed by atoms with Crippen molar-refractivity contribution in [3.05, 3.63) is 83.8 Å². The molecule has 0 aliphatic heterocycles. The molecule has 1 amide bonds. The number of halogens is 1. The minimum Gasteiger partial charge on any atom is -0.497 e. The molecule has 0 aliphatic carbocycles. The third-order valence-corrected chi connectivity index (χ3v) is 4.35. The molecule has 2 aromatic carbocycles. The topological polar surface area (TPSA) is 60.5 Å². The number of aromatic nitrogens is 1. The maximum Gasteiger partial charge on any atom is 0.220 e. The maximum atomic E-state index is 13.0. The Labute approximate surface area is 169 Å². The van der Waals surface area contributed by atoms with Gasteiger partial charge in [-0.1, -0.05) is 12.1 Å². The number of hydrogen-bond acceptors (Lipinski definition) is 4. The molecule has 0 bridgehead atoms. The minimum atomic E-state index is -0.325. The van der Waals surface area contributed by atoms with Crippen molar-refractivity contribution in [2.45, 2.75) is 25.8 Å². The lowest BCUT2D eigenvalue weighted by atomic mass is 10.1. The van der Waals surface area contributed by atoms with Gasteiger partial charge in [0, 0.05) is 25.2 Å². The monoisotopic (exact) mass is 394 g/mol. The summed E-state index contributed by atoms with van der Waals surface area (Å²) in [4.78, 5) is 16.2. The number of nitrogens with one attached hydrogen (secondary N) is 1. The lowest BCUT2D eigenvalue weighted by Crippen LogP contribution is -2.22. The molecule has 0 saturated heterocycles. The Hall–Kier alpha value is -3.41. The van der Waals surface area contributed by atoms with Gasteiger partial charge in [0.1, 0.15) is 17.3 Å². The Morgan fingerprint density at radius 2 is 1.72 bits per heavy atom. The summed E-state index contributed by atoms with van der Waals surface area (Å²) in [7, 11) is 1.64. The van der Waals surface area contributed by atoms with E-state index in [1.165, 1.54) is 29.8 Å². The van der Waals surface area contributed by atoms with Crippen LogP contribution in [-0.2, 0) is 17.8 Å². The number of pyridine rings is 1. The summed E-state index contributed by atoms with van der Waals surface area (Å²) in [6.07, 6.45) is 3.68. The van der Waals surface area contributed by atoms with Crippen molar-refractivity contribution in [3.63, 3.8) is 0 Å². The standard InChI is InChI=1S/C23H23FN2O3/c1-28-20-9-5-17(6-10-20)3-2-4-22(27)26-16-18-13-14-25-23(15-18)29-21-11-7-19(24)8-12-21/h5-15H,2-4,16H2,1H3,(H,26,27). The predicted octanol–water partition coefficient (Wildman–Crippen LogP) is 4.66. The van der Waals surface area contributed by atoms with Gasteiger partial charge in [0.2, 0.25) is 11.8 Å². The molecule has 0 fully saturated rings. The second-order valence-electron chi connectivity index (χ2n) is 6.54. The van der Waals surface area contributed by atoms with Crippen LogP contribution in [0.1, 0.15) is 24.0 Å². The van der Waals surface area contributed by atoms with Gasteiger partial charge in [0.05, 0.1) is 7.11 Å². The number of aryl methyl sites for hydroxylation is 1. The maximum absolute atomic E-state index is 13.0. The van der Waals surface area contributed by atoms with Gasteiger partial charge in [-0.25, -0.2) is 9.37 Å². The molecule has 1 N–H and O–H groups in total. The van der Waals surface area contributed by atoms with Crippen molar-refractivity contribution in [1.82, 2.24) is 10.3 Å². The zero-order valence-electron chi connectivity index (χ0n) is 16.2. The van der Waals surface area contributed by atoms with E-state index in [-0.39, 0.29) is 11.7 Å². The second kappa shape index (κ2) is 10.2.